The van der Waals surface area contributed by atoms with Crippen LogP contribution in [0.5, 0.6) is 0 Å². The molecule has 0 N–H and O–H groups in total. The predicted octanol–water partition coefficient (Wildman–Crippen LogP) is 3.80. The first-order chi connectivity index (χ1) is 12.1. The second-order valence-electron chi connectivity index (χ2n) is 8.06. The maximum absolute atomic E-state index is 13.5. The molecule has 4 heteroatoms. The molecule has 3 nitrogen and oxygen atoms in total. The van der Waals surface area contributed by atoms with E-state index < -0.39 is 0 Å². The minimum atomic E-state index is -0.217. The van der Waals surface area contributed by atoms with Gasteiger partial charge in [0.15, 0.2) is 0 Å². The lowest BCUT2D eigenvalue weighted by molar-refractivity contribution is -0.189. The summed E-state index contributed by atoms with van der Waals surface area (Å²) >= 11 is 0. The van der Waals surface area contributed by atoms with Crippen molar-refractivity contribution in [3.63, 3.8) is 0 Å². The Hall–Kier alpha value is -2.23. The summed E-state index contributed by atoms with van der Waals surface area (Å²) in [5.41, 5.74) is 2.70. The fourth-order valence-corrected chi connectivity index (χ4v) is 5.41. The van der Waals surface area contributed by atoms with Gasteiger partial charge in [-0.3, -0.25) is 9.78 Å². The van der Waals surface area contributed by atoms with Gasteiger partial charge in [0.2, 0.25) is 5.91 Å². The van der Waals surface area contributed by atoms with E-state index in [0.29, 0.717) is 6.42 Å². The third kappa shape index (κ3) is 2.16. The Kier molecular flexibility index (Phi) is 3.09. The summed E-state index contributed by atoms with van der Waals surface area (Å²) in [4.78, 5) is 19.0. The van der Waals surface area contributed by atoms with Crippen LogP contribution < -0.4 is 0 Å². The normalized spacial score (nSPS) is 33.6. The molecular formula is C21H21FN2O. The number of carbonyl (C=O) groups excluding carboxylic acids is 1. The molecule has 1 amide bonds. The van der Waals surface area contributed by atoms with E-state index >= 15 is 0 Å². The summed E-state index contributed by atoms with van der Waals surface area (Å²) < 4.78 is 13.5. The van der Waals surface area contributed by atoms with Gasteiger partial charge >= 0.3 is 0 Å². The van der Waals surface area contributed by atoms with E-state index in [0.717, 1.165) is 37.8 Å². The van der Waals surface area contributed by atoms with Gasteiger partial charge in [-0.15, -0.1) is 0 Å². The van der Waals surface area contributed by atoms with Crippen molar-refractivity contribution >= 4 is 5.91 Å². The van der Waals surface area contributed by atoms with E-state index in [1.165, 1.54) is 11.6 Å². The SMILES string of the molecule is O=C1CC(c2cccc(F)c2)CCN1C12CC(c3ccncc3)(C1)C2. The average molecular weight is 336 g/mol. The molecule has 25 heavy (non-hydrogen) atoms. The zero-order chi connectivity index (χ0) is 17.1. The molecule has 0 radical (unpaired) electrons. The van der Waals surface area contributed by atoms with Crippen LogP contribution in [0, 0.1) is 5.82 Å². The van der Waals surface area contributed by atoms with Crippen LogP contribution in [0.2, 0.25) is 0 Å². The van der Waals surface area contributed by atoms with Crippen molar-refractivity contribution in [2.24, 2.45) is 0 Å². The summed E-state index contributed by atoms with van der Waals surface area (Å²) in [5, 5.41) is 0. The Balaban J connectivity index is 1.27. The number of pyridine rings is 1. The molecule has 3 saturated carbocycles. The number of piperidine rings is 1. The van der Waals surface area contributed by atoms with Gasteiger partial charge in [-0.2, -0.15) is 0 Å². The maximum Gasteiger partial charge on any atom is 0.223 e. The minimum Gasteiger partial charge on any atom is -0.337 e. The molecular weight excluding hydrogens is 315 g/mol. The average Bonchev–Trinajstić information content (AvgIpc) is 2.55. The number of nitrogens with zero attached hydrogens (tertiary/aromatic N) is 2. The van der Waals surface area contributed by atoms with Crippen molar-refractivity contribution in [2.45, 2.75) is 49.0 Å². The maximum atomic E-state index is 13.5. The van der Waals surface area contributed by atoms with Crippen molar-refractivity contribution < 1.29 is 9.18 Å². The van der Waals surface area contributed by atoms with Gasteiger partial charge in [0.05, 0.1) is 0 Å². The van der Waals surface area contributed by atoms with E-state index in [1.807, 2.05) is 18.5 Å². The summed E-state index contributed by atoms with van der Waals surface area (Å²) in [7, 11) is 0. The third-order valence-corrected chi connectivity index (χ3v) is 6.61. The van der Waals surface area contributed by atoms with Crippen LogP contribution in [0.15, 0.2) is 48.8 Å². The lowest BCUT2D eigenvalue weighted by atomic mass is 9.37. The van der Waals surface area contributed by atoms with Gasteiger partial charge in [0.25, 0.3) is 0 Å². The van der Waals surface area contributed by atoms with Crippen molar-refractivity contribution in [2.75, 3.05) is 6.54 Å². The number of benzene rings is 1. The fourth-order valence-electron chi connectivity index (χ4n) is 5.41. The van der Waals surface area contributed by atoms with E-state index in [4.69, 9.17) is 0 Å². The highest BCUT2D eigenvalue weighted by Crippen LogP contribution is 2.70. The van der Waals surface area contributed by atoms with Gasteiger partial charge in [0, 0.05) is 36.3 Å². The van der Waals surface area contributed by atoms with Crippen LogP contribution in [0.25, 0.3) is 0 Å². The molecule has 1 saturated heterocycles. The van der Waals surface area contributed by atoms with E-state index in [9.17, 15) is 9.18 Å². The van der Waals surface area contributed by atoms with Crippen molar-refractivity contribution in [1.82, 2.24) is 9.88 Å². The van der Waals surface area contributed by atoms with E-state index in [-0.39, 0.29) is 28.6 Å². The van der Waals surface area contributed by atoms with Crippen molar-refractivity contribution in [3.8, 4) is 0 Å². The quantitative estimate of drug-likeness (QED) is 0.854. The minimum absolute atomic E-state index is 0.0905. The second-order valence-corrected chi connectivity index (χ2v) is 8.06. The summed E-state index contributed by atoms with van der Waals surface area (Å²) in [6.45, 7) is 0.798. The third-order valence-electron chi connectivity index (χ3n) is 6.61. The number of hydrogen-bond acceptors (Lipinski definition) is 2. The number of aromatic nitrogens is 1. The smallest absolute Gasteiger partial charge is 0.223 e. The molecule has 1 unspecified atom stereocenters. The first-order valence-electron chi connectivity index (χ1n) is 9.07. The Labute approximate surface area is 146 Å². The van der Waals surface area contributed by atoms with Crippen LogP contribution in [0.4, 0.5) is 4.39 Å². The van der Waals surface area contributed by atoms with E-state index in [2.05, 4.69) is 22.0 Å². The van der Waals surface area contributed by atoms with Gasteiger partial charge in [-0.1, -0.05) is 12.1 Å². The molecule has 1 aliphatic heterocycles. The number of hydrogen-bond donors (Lipinski definition) is 0. The van der Waals surface area contributed by atoms with Crippen LogP contribution in [-0.2, 0) is 10.2 Å². The zero-order valence-corrected chi connectivity index (χ0v) is 14.1. The lowest BCUT2D eigenvalue weighted by Gasteiger charge is -2.74. The van der Waals surface area contributed by atoms with E-state index in [1.54, 1.807) is 12.1 Å². The number of halogens is 1. The molecule has 4 fully saturated rings. The zero-order valence-electron chi connectivity index (χ0n) is 14.1. The monoisotopic (exact) mass is 336 g/mol. The highest BCUT2D eigenvalue weighted by molar-refractivity contribution is 5.80. The Morgan fingerprint density at radius 3 is 2.56 bits per heavy atom. The summed E-state index contributed by atoms with van der Waals surface area (Å²) in [6.07, 6.45) is 8.41. The molecule has 128 valence electrons. The first-order valence-corrected chi connectivity index (χ1v) is 9.07. The van der Waals surface area contributed by atoms with Gasteiger partial charge in [-0.05, 0) is 67.0 Å². The largest absolute Gasteiger partial charge is 0.337 e. The second kappa shape index (κ2) is 5.13. The highest BCUT2D eigenvalue weighted by Gasteiger charge is 2.71. The number of rotatable bonds is 3. The molecule has 2 aromatic rings. The Morgan fingerprint density at radius 2 is 1.88 bits per heavy atom. The number of carbonyl (C=O) groups is 1. The Bertz CT molecular complexity index is 815. The predicted molar refractivity (Wildman–Crippen MR) is 92.6 cm³/mol. The van der Waals surface area contributed by atoms with Gasteiger partial charge in [-0.25, -0.2) is 4.39 Å². The fraction of sp³-hybridized carbons (Fsp3) is 0.429. The van der Waals surface area contributed by atoms with Crippen LogP contribution in [0.1, 0.15) is 49.1 Å². The molecule has 2 heterocycles. The van der Waals surface area contributed by atoms with Gasteiger partial charge in [0.1, 0.15) is 5.82 Å². The lowest BCUT2D eigenvalue weighted by Crippen LogP contribution is -2.78. The molecule has 1 atom stereocenters. The van der Waals surface area contributed by atoms with Crippen molar-refractivity contribution in [3.05, 3.63) is 65.7 Å². The molecule has 1 aromatic heterocycles. The summed E-state index contributed by atoms with van der Waals surface area (Å²) in [6, 6.07) is 10.9. The molecule has 3 aliphatic carbocycles. The van der Waals surface area contributed by atoms with Crippen LogP contribution in [0.3, 0.4) is 0 Å². The van der Waals surface area contributed by atoms with Crippen LogP contribution >= 0.6 is 0 Å². The molecule has 6 rings (SSSR count). The molecule has 2 bridgehead atoms. The van der Waals surface area contributed by atoms with Crippen molar-refractivity contribution in [1.29, 1.82) is 0 Å². The molecule has 4 aliphatic rings. The number of amides is 1. The molecule has 0 spiro atoms. The summed E-state index contributed by atoms with van der Waals surface area (Å²) in [5.74, 6) is 0.176. The number of likely N-dealkylation sites (tertiary alicyclic amines) is 1. The molecule has 1 aromatic carbocycles. The topological polar surface area (TPSA) is 33.2 Å². The standard InChI is InChI=1S/C21H21FN2O/c22-18-3-1-2-15(10-18)16-6-9-24(19(25)11-16)21-12-20(13-21,14-21)17-4-7-23-8-5-17/h1-5,7-8,10,16H,6,9,11-14H2. The van der Waals surface area contributed by atoms with Crippen LogP contribution in [-0.4, -0.2) is 27.9 Å². The highest BCUT2D eigenvalue weighted by atomic mass is 19.1. The van der Waals surface area contributed by atoms with Gasteiger partial charge < -0.3 is 4.90 Å². The Morgan fingerprint density at radius 1 is 1.12 bits per heavy atom. The first kappa shape index (κ1) is 15.1.